The third-order valence-corrected chi connectivity index (χ3v) is 0. The average molecular weight is 231 g/mol. The van der Waals surface area contributed by atoms with Crippen LogP contribution in [-0.2, 0) is 4.79 Å². The average Bonchev–Trinajstić information content (AvgIpc) is 0.811. The van der Waals surface area contributed by atoms with Crippen LogP contribution in [0.4, 0.5) is 0 Å². The van der Waals surface area contributed by atoms with Gasteiger partial charge in [0.15, 0.2) is 0 Å². The second kappa shape index (κ2) is 15.8. The van der Waals surface area contributed by atoms with Gasteiger partial charge < -0.3 is 16.1 Å². The molecule has 0 saturated heterocycles. The Balaban J connectivity index is -0.0000000150. The fraction of sp³-hybridized carbons (Fsp3) is 0.500. The van der Waals surface area contributed by atoms with Crippen molar-refractivity contribution in [3.05, 3.63) is 0 Å². The van der Waals surface area contributed by atoms with Crippen molar-refractivity contribution in [1.82, 2.24) is 0 Å². The molecule has 0 aliphatic heterocycles. The third-order valence-electron chi connectivity index (χ3n) is 0. The van der Waals surface area contributed by atoms with Crippen molar-refractivity contribution in [1.29, 1.82) is 0 Å². The van der Waals surface area contributed by atoms with Crippen LogP contribution in [0.25, 0.3) is 0 Å². The molecule has 5 heteroatoms. The zero-order valence-corrected chi connectivity index (χ0v) is 8.40. The van der Waals surface area contributed by atoms with Crippen LogP contribution in [0.3, 0.4) is 0 Å². The van der Waals surface area contributed by atoms with Crippen molar-refractivity contribution >= 4 is 54.9 Å². The first-order valence-corrected chi connectivity index (χ1v) is 0.928. The van der Waals surface area contributed by atoms with E-state index in [1.165, 1.54) is 0 Å². The molecular weight excluding hydrogens is 225 g/mol. The first kappa shape index (κ1) is 24.6. The van der Waals surface area contributed by atoms with Crippen molar-refractivity contribution in [2.75, 3.05) is 0 Å². The molecule has 0 saturated carbocycles. The van der Waals surface area contributed by atoms with Crippen molar-refractivity contribution in [3.8, 4) is 0 Å². The summed E-state index contributed by atoms with van der Waals surface area (Å²) in [6, 6.07) is 0. The zero-order valence-electron chi connectivity index (χ0n) is 3.96. The van der Waals surface area contributed by atoms with Gasteiger partial charge in [-0.3, -0.25) is 4.79 Å². The predicted octanol–water partition coefficient (Wildman–Crippen LogP) is -0.643. The van der Waals surface area contributed by atoms with E-state index >= 15 is 0 Å². The molecule has 0 amide bonds. The van der Waals surface area contributed by atoms with E-state index < -0.39 is 5.97 Å². The Morgan fingerprint density at radius 1 is 1.43 bits per heavy atom. The topological polar surface area (TPSA) is 97.3 Å². The van der Waals surface area contributed by atoms with Gasteiger partial charge in [-0.15, -0.1) is 0 Å². The van der Waals surface area contributed by atoms with E-state index in [0.717, 1.165) is 6.92 Å². The maximum Gasteiger partial charge on any atom is 2.00 e. The Labute approximate surface area is 81.6 Å². The number of carbonyl (C=O) groups is 1. The fourth-order valence-electron chi connectivity index (χ4n) is 0. The molecule has 0 aliphatic rings. The molecule has 0 atom stereocenters. The Hall–Kier alpha value is 0.961. The van der Waals surface area contributed by atoms with E-state index in [1.54, 1.807) is 0 Å². The van der Waals surface area contributed by atoms with Crippen molar-refractivity contribution in [3.63, 3.8) is 0 Å². The number of rotatable bonds is 0. The van der Waals surface area contributed by atoms with Gasteiger partial charge in [-0.2, -0.15) is 0 Å². The van der Waals surface area contributed by atoms with Crippen molar-refractivity contribution in [2.24, 2.45) is 0 Å². The van der Waals surface area contributed by atoms with Gasteiger partial charge in [0.1, 0.15) is 0 Å². The molecular formula is C2H6BaO4. The van der Waals surface area contributed by atoms with Gasteiger partial charge >= 0.3 is 48.9 Å². The SMILES string of the molecule is CC(=O)O.[Ba+2].[OH-].[OH-]. The van der Waals surface area contributed by atoms with E-state index in [1.807, 2.05) is 0 Å². The number of hydrogen-bond donors (Lipinski definition) is 1. The Kier molecular flexibility index (Phi) is 55.4. The maximum absolute atomic E-state index is 9.00. The van der Waals surface area contributed by atoms with Gasteiger partial charge in [-0.05, 0) is 0 Å². The standard InChI is InChI=1S/C2H4O2.Ba.2H2O/c1-2(3)4;;;/h1H3,(H,3,4);;2*1H2/q;+2;;/p-2. The minimum Gasteiger partial charge on any atom is -0.870 e. The molecule has 0 aromatic carbocycles. The minimum atomic E-state index is -0.833. The van der Waals surface area contributed by atoms with Gasteiger partial charge in [-0.1, -0.05) is 0 Å². The number of carboxylic acids is 1. The molecule has 0 radical (unpaired) electrons. The smallest absolute Gasteiger partial charge is 0.870 e. The van der Waals surface area contributed by atoms with E-state index in [4.69, 9.17) is 9.90 Å². The molecule has 0 aromatic rings. The van der Waals surface area contributed by atoms with Crippen LogP contribution in [0.1, 0.15) is 6.92 Å². The molecule has 0 unspecified atom stereocenters. The minimum absolute atomic E-state index is 0. The monoisotopic (exact) mass is 232 g/mol. The largest absolute Gasteiger partial charge is 2.00 e. The van der Waals surface area contributed by atoms with Gasteiger partial charge in [0.25, 0.3) is 5.97 Å². The van der Waals surface area contributed by atoms with E-state index in [9.17, 15) is 0 Å². The molecule has 3 N–H and O–H groups in total. The summed E-state index contributed by atoms with van der Waals surface area (Å²) >= 11 is 0. The molecule has 7 heavy (non-hydrogen) atoms. The summed E-state index contributed by atoms with van der Waals surface area (Å²) in [5.41, 5.74) is 0. The summed E-state index contributed by atoms with van der Waals surface area (Å²) in [5, 5.41) is 7.42. The molecule has 0 bridgehead atoms. The Morgan fingerprint density at radius 2 is 1.43 bits per heavy atom. The number of carboxylic acid groups (broad SMARTS) is 1. The summed E-state index contributed by atoms with van der Waals surface area (Å²) in [6.45, 7) is 1.08. The van der Waals surface area contributed by atoms with Gasteiger partial charge in [0.05, 0.1) is 0 Å². The number of hydrogen-bond acceptors (Lipinski definition) is 3. The van der Waals surface area contributed by atoms with E-state index in [-0.39, 0.29) is 59.8 Å². The van der Waals surface area contributed by atoms with E-state index in [0.29, 0.717) is 0 Å². The predicted molar refractivity (Wildman–Crippen MR) is 22.9 cm³/mol. The van der Waals surface area contributed by atoms with Crippen LogP contribution < -0.4 is 0 Å². The second-order valence-corrected chi connectivity index (χ2v) is 0.519. The van der Waals surface area contributed by atoms with Crippen LogP contribution in [0, 0.1) is 0 Å². The van der Waals surface area contributed by atoms with Crippen LogP contribution in [0.15, 0.2) is 0 Å². The molecule has 0 aromatic heterocycles. The molecule has 0 aliphatic carbocycles. The Bertz CT molecular complexity index is 32.7. The number of aliphatic carboxylic acids is 1. The summed E-state index contributed by atoms with van der Waals surface area (Å²) in [4.78, 5) is 9.00. The summed E-state index contributed by atoms with van der Waals surface area (Å²) in [6.07, 6.45) is 0. The molecule has 0 fully saturated rings. The van der Waals surface area contributed by atoms with Gasteiger partial charge in [0, 0.05) is 6.92 Å². The van der Waals surface area contributed by atoms with Crippen LogP contribution in [-0.4, -0.2) is 70.9 Å². The summed E-state index contributed by atoms with van der Waals surface area (Å²) in [5.74, 6) is -0.833. The van der Waals surface area contributed by atoms with Crippen molar-refractivity contribution < 1.29 is 20.9 Å². The van der Waals surface area contributed by atoms with Crippen LogP contribution in [0.5, 0.6) is 0 Å². The molecule has 40 valence electrons. The van der Waals surface area contributed by atoms with Gasteiger partial charge in [0.2, 0.25) is 0 Å². The van der Waals surface area contributed by atoms with Gasteiger partial charge in [-0.25, -0.2) is 0 Å². The Morgan fingerprint density at radius 3 is 1.43 bits per heavy atom. The van der Waals surface area contributed by atoms with Crippen molar-refractivity contribution in [2.45, 2.75) is 6.92 Å². The van der Waals surface area contributed by atoms with E-state index in [2.05, 4.69) is 0 Å². The summed E-state index contributed by atoms with van der Waals surface area (Å²) < 4.78 is 0. The maximum atomic E-state index is 9.00. The second-order valence-electron chi connectivity index (χ2n) is 0.519. The quantitative estimate of drug-likeness (QED) is 0.560. The fourth-order valence-corrected chi connectivity index (χ4v) is 0. The third kappa shape index (κ3) is 185. The first-order valence-electron chi connectivity index (χ1n) is 0.928. The molecule has 4 nitrogen and oxygen atoms in total. The summed E-state index contributed by atoms with van der Waals surface area (Å²) in [7, 11) is 0. The molecule has 0 rings (SSSR count). The first-order chi connectivity index (χ1) is 1.73. The molecule has 0 heterocycles. The zero-order chi connectivity index (χ0) is 3.58. The van der Waals surface area contributed by atoms with Crippen LogP contribution in [0.2, 0.25) is 0 Å². The van der Waals surface area contributed by atoms with Crippen LogP contribution >= 0.6 is 0 Å². The molecule has 0 spiro atoms. The normalized spacial score (nSPS) is 3.57.